The van der Waals surface area contributed by atoms with Crippen LogP contribution in [0.4, 0.5) is 0 Å². The van der Waals surface area contributed by atoms with Crippen LogP contribution < -0.4 is 4.74 Å². The summed E-state index contributed by atoms with van der Waals surface area (Å²) in [6, 6.07) is 11.4. The summed E-state index contributed by atoms with van der Waals surface area (Å²) < 4.78 is 5.15. The molecule has 100 valence electrons. The monoisotopic (exact) mass is 285 g/mol. The predicted octanol–water partition coefficient (Wildman–Crippen LogP) is 4.31. The molecule has 20 heavy (non-hydrogen) atoms. The number of fused-ring (bicyclic) bond motifs is 1. The van der Waals surface area contributed by atoms with E-state index in [-0.39, 0.29) is 0 Å². The van der Waals surface area contributed by atoms with E-state index >= 15 is 0 Å². The number of carbonyl (C=O) groups excluding carboxylic acids is 1. The van der Waals surface area contributed by atoms with Crippen molar-refractivity contribution < 1.29 is 9.53 Å². The number of carbonyl (C=O) groups is 1. The largest absolute Gasteiger partial charge is 0.497 e. The number of hydrogen-bond acceptors (Lipinski definition) is 2. The molecule has 0 unspecified atom stereocenters. The smallest absolute Gasteiger partial charge is 0.152 e. The summed E-state index contributed by atoms with van der Waals surface area (Å²) in [6.07, 6.45) is 2.52. The lowest BCUT2D eigenvalue weighted by Crippen LogP contribution is -1.84. The highest BCUT2D eigenvalue weighted by molar-refractivity contribution is 6.34. The van der Waals surface area contributed by atoms with Gasteiger partial charge < -0.3 is 9.72 Å². The number of H-pyrrole nitrogens is 1. The fourth-order valence-corrected chi connectivity index (χ4v) is 2.53. The van der Waals surface area contributed by atoms with Crippen LogP contribution in [0.25, 0.3) is 22.0 Å². The summed E-state index contributed by atoms with van der Waals surface area (Å²) in [5.74, 6) is 0.793. The Morgan fingerprint density at radius 2 is 1.95 bits per heavy atom. The third-order valence-corrected chi connectivity index (χ3v) is 3.64. The minimum Gasteiger partial charge on any atom is -0.497 e. The van der Waals surface area contributed by atoms with Crippen LogP contribution in [0.2, 0.25) is 5.02 Å². The van der Waals surface area contributed by atoms with E-state index in [4.69, 9.17) is 16.3 Å². The van der Waals surface area contributed by atoms with Crippen molar-refractivity contribution >= 4 is 28.8 Å². The van der Waals surface area contributed by atoms with Crippen molar-refractivity contribution in [1.29, 1.82) is 0 Å². The SMILES string of the molecule is COc1ccc(-c2cc3c(C=O)c[nH]c3cc2Cl)cc1. The highest BCUT2D eigenvalue weighted by Gasteiger charge is 2.09. The molecule has 0 aliphatic heterocycles. The van der Waals surface area contributed by atoms with Gasteiger partial charge in [0, 0.05) is 28.2 Å². The summed E-state index contributed by atoms with van der Waals surface area (Å²) in [5, 5.41) is 1.51. The maximum atomic E-state index is 11.0. The Balaban J connectivity index is 2.18. The summed E-state index contributed by atoms with van der Waals surface area (Å²) in [4.78, 5) is 14.1. The number of nitrogens with one attached hydrogen (secondary N) is 1. The quantitative estimate of drug-likeness (QED) is 0.729. The van der Waals surface area contributed by atoms with E-state index in [9.17, 15) is 4.79 Å². The van der Waals surface area contributed by atoms with E-state index in [1.807, 2.05) is 36.4 Å². The Hall–Kier alpha value is -2.26. The number of hydrogen-bond donors (Lipinski definition) is 1. The van der Waals surface area contributed by atoms with Crippen LogP contribution in [-0.2, 0) is 0 Å². The van der Waals surface area contributed by atoms with Crippen LogP contribution in [-0.4, -0.2) is 18.4 Å². The van der Waals surface area contributed by atoms with Gasteiger partial charge in [0.1, 0.15) is 5.75 Å². The van der Waals surface area contributed by atoms with Gasteiger partial charge in [-0.05, 0) is 29.8 Å². The first-order valence-electron chi connectivity index (χ1n) is 6.13. The number of benzene rings is 2. The molecule has 3 aromatic rings. The van der Waals surface area contributed by atoms with Crippen molar-refractivity contribution in [3.8, 4) is 16.9 Å². The Labute approximate surface area is 121 Å². The van der Waals surface area contributed by atoms with E-state index in [0.717, 1.165) is 34.1 Å². The molecule has 0 radical (unpaired) electrons. The Morgan fingerprint density at radius 1 is 1.20 bits per heavy atom. The van der Waals surface area contributed by atoms with Crippen LogP contribution in [0.5, 0.6) is 5.75 Å². The van der Waals surface area contributed by atoms with Crippen molar-refractivity contribution in [2.45, 2.75) is 0 Å². The minimum atomic E-state index is 0.631. The number of aromatic amines is 1. The second kappa shape index (κ2) is 5.02. The van der Waals surface area contributed by atoms with E-state index in [0.29, 0.717) is 10.6 Å². The number of rotatable bonds is 3. The van der Waals surface area contributed by atoms with Crippen LogP contribution in [0.3, 0.4) is 0 Å². The molecule has 3 rings (SSSR count). The second-order valence-corrected chi connectivity index (χ2v) is 4.88. The van der Waals surface area contributed by atoms with Crippen LogP contribution in [0.1, 0.15) is 10.4 Å². The molecule has 3 nitrogen and oxygen atoms in total. The van der Waals surface area contributed by atoms with E-state index < -0.39 is 0 Å². The molecular formula is C16H12ClNO2. The van der Waals surface area contributed by atoms with E-state index in [1.165, 1.54) is 0 Å². The lowest BCUT2D eigenvalue weighted by atomic mass is 10.0. The van der Waals surface area contributed by atoms with Gasteiger partial charge in [-0.25, -0.2) is 0 Å². The molecule has 1 heterocycles. The molecule has 0 aliphatic rings. The van der Waals surface area contributed by atoms with Gasteiger partial charge in [-0.2, -0.15) is 0 Å². The molecule has 0 aliphatic carbocycles. The van der Waals surface area contributed by atoms with Gasteiger partial charge in [0.05, 0.1) is 12.1 Å². The lowest BCUT2D eigenvalue weighted by Gasteiger charge is -2.07. The lowest BCUT2D eigenvalue weighted by molar-refractivity contribution is 0.112. The summed E-state index contributed by atoms with van der Waals surface area (Å²) in [5.41, 5.74) is 3.36. The topological polar surface area (TPSA) is 42.1 Å². The number of halogens is 1. The molecule has 0 amide bonds. The Kier molecular flexibility index (Phi) is 3.20. The van der Waals surface area contributed by atoms with E-state index in [2.05, 4.69) is 4.98 Å². The molecule has 0 atom stereocenters. The molecule has 1 N–H and O–H groups in total. The number of ether oxygens (including phenoxy) is 1. The van der Waals surface area contributed by atoms with Gasteiger partial charge in [-0.3, -0.25) is 4.79 Å². The molecule has 0 saturated carbocycles. The van der Waals surface area contributed by atoms with Crippen LogP contribution in [0, 0.1) is 0 Å². The average Bonchev–Trinajstić information content (AvgIpc) is 2.88. The van der Waals surface area contributed by atoms with Crippen LogP contribution in [0.15, 0.2) is 42.6 Å². The Bertz CT molecular complexity index is 775. The zero-order valence-corrected chi connectivity index (χ0v) is 11.6. The van der Waals surface area contributed by atoms with Gasteiger partial charge in [0.15, 0.2) is 6.29 Å². The summed E-state index contributed by atoms with van der Waals surface area (Å²) in [6.45, 7) is 0. The zero-order chi connectivity index (χ0) is 14.1. The van der Waals surface area contributed by atoms with Gasteiger partial charge in [0.2, 0.25) is 0 Å². The van der Waals surface area contributed by atoms with Gasteiger partial charge in [0.25, 0.3) is 0 Å². The molecule has 0 spiro atoms. The summed E-state index contributed by atoms with van der Waals surface area (Å²) >= 11 is 6.32. The zero-order valence-electron chi connectivity index (χ0n) is 10.8. The second-order valence-electron chi connectivity index (χ2n) is 4.47. The third-order valence-electron chi connectivity index (χ3n) is 3.33. The maximum absolute atomic E-state index is 11.0. The van der Waals surface area contributed by atoms with Crippen molar-refractivity contribution in [2.75, 3.05) is 7.11 Å². The number of aldehydes is 1. The van der Waals surface area contributed by atoms with Crippen molar-refractivity contribution in [3.63, 3.8) is 0 Å². The minimum absolute atomic E-state index is 0.631. The standard InChI is InChI=1S/C16H12ClNO2/c1-20-12-4-2-10(3-5-12)13-6-14-11(9-19)8-18-16(14)7-15(13)17/h2-9,18H,1H3. The van der Waals surface area contributed by atoms with Crippen molar-refractivity contribution in [2.24, 2.45) is 0 Å². The first-order valence-corrected chi connectivity index (χ1v) is 6.51. The number of aromatic nitrogens is 1. The first-order chi connectivity index (χ1) is 9.72. The maximum Gasteiger partial charge on any atom is 0.152 e. The molecular weight excluding hydrogens is 274 g/mol. The van der Waals surface area contributed by atoms with Gasteiger partial charge in [-0.15, -0.1) is 0 Å². The highest BCUT2D eigenvalue weighted by atomic mass is 35.5. The molecule has 2 aromatic carbocycles. The van der Waals surface area contributed by atoms with E-state index in [1.54, 1.807) is 13.3 Å². The first kappa shape index (κ1) is 12.8. The molecule has 0 bridgehead atoms. The van der Waals surface area contributed by atoms with Crippen molar-refractivity contribution in [1.82, 2.24) is 4.98 Å². The number of methoxy groups -OCH3 is 1. The fourth-order valence-electron chi connectivity index (χ4n) is 2.25. The van der Waals surface area contributed by atoms with Gasteiger partial charge in [-0.1, -0.05) is 23.7 Å². The molecule has 0 saturated heterocycles. The summed E-state index contributed by atoms with van der Waals surface area (Å²) in [7, 11) is 1.63. The highest BCUT2D eigenvalue weighted by Crippen LogP contribution is 2.33. The van der Waals surface area contributed by atoms with Gasteiger partial charge >= 0.3 is 0 Å². The van der Waals surface area contributed by atoms with Crippen molar-refractivity contribution in [3.05, 3.63) is 53.2 Å². The molecule has 4 heteroatoms. The normalized spacial score (nSPS) is 10.7. The average molecular weight is 286 g/mol. The molecule has 0 fully saturated rings. The predicted molar refractivity (Wildman–Crippen MR) is 80.7 cm³/mol. The van der Waals surface area contributed by atoms with Crippen LogP contribution >= 0.6 is 11.6 Å². The molecule has 1 aromatic heterocycles. The Morgan fingerprint density at radius 3 is 2.60 bits per heavy atom. The third kappa shape index (κ3) is 2.06. The fraction of sp³-hybridized carbons (Fsp3) is 0.0625.